The topological polar surface area (TPSA) is 69.0 Å². The second-order valence-electron chi connectivity index (χ2n) is 7.23. The van der Waals surface area contributed by atoms with Crippen LogP contribution in [-0.2, 0) is 0 Å². The molecule has 3 aromatic rings. The number of aryl methyl sites for hydroxylation is 1. The number of pyridine rings is 1. The number of nitrogens with zero attached hydrogens (tertiary/aromatic N) is 3. The second-order valence-corrected chi connectivity index (χ2v) is 7.23. The lowest BCUT2D eigenvalue weighted by Gasteiger charge is -2.21. The van der Waals surface area contributed by atoms with Crippen LogP contribution in [0.1, 0.15) is 54.3 Å². The van der Waals surface area contributed by atoms with Crippen molar-refractivity contribution in [1.29, 1.82) is 0 Å². The number of carbonyl (C=O) groups is 1. The molecule has 28 heavy (non-hydrogen) atoms. The van der Waals surface area contributed by atoms with Crippen LogP contribution in [0.3, 0.4) is 0 Å². The van der Waals surface area contributed by atoms with Crippen molar-refractivity contribution in [2.45, 2.75) is 45.1 Å². The zero-order valence-electron chi connectivity index (χ0n) is 16.0. The zero-order valence-corrected chi connectivity index (χ0v) is 16.0. The van der Waals surface area contributed by atoms with Gasteiger partial charge in [-0.1, -0.05) is 19.3 Å². The highest BCUT2D eigenvalue weighted by Crippen LogP contribution is 2.33. The van der Waals surface area contributed by atoms with Crippen LogP contribution in [0, 0.1) is 12.7 Å². The number of methoxy groups -OCH3 is 1. The smallest absolute Gasteiger partial charge is 0.274 e. The lowest BCUT2D eigenvalue weighted by molar-refractivity contribution is 0.102. The quantitative estimate of drug-likeness (QED) is 0.713. The summed E-state index contributed by atoms with van der Waals surface area (Å²) in [6, 6.07) is 6.72. The van der Waals surface area contributed by atoms with Crippen molar-refractivity contribution < 1.29 is 13.9 Å². The highest BCUT2D eigenvalue weighted by atomic mass is 19.1. The summed E-state index contributed by atoms with van der Waals surface area (Å²) in [6.07, 6.45) is 8.07. The molecule has 1 aliphatic rings. The van der Waals surface area contributed by atoms with Crippen molar-refractivity contribution in [3.8, 4) is 5.75 Å². The molecular formula is C21H23FN4O2. The highest BCUT2D eigenvalue weighted by molar-refractivity contribution is 6.05. The molecule has 0 unspecified atom stereocenters. The third kappa shape index (κ3) is 3.56. The summed E-state index contributed by atoms with van der Waals surface area (Å²) >= 11 is 0. The summed E-state index contributed by atoms with van der Waals surface area (Å²) in [5.74, 6) is -0.334. The first kappa shape index (κ1) is 18.4. The van der Waals surface area contributed by atoms with E-state index in [4.69, 9.17) is 9.84 Å². The van der Waals surface area contributed by atoms with Crippen LogP contribution >= 0.6 is 0 Å². The van der Waals surface area contributed by atoms with Crippen molar-refractivity contribution in [1.82, 2.24) is 14.8 Å². The standard InChI is InChI=1S/C21H23FN4O2/c1-13-16(22)8-9-17(23-13)21(27)24-19-10-14-12-26(15-6-4-3-5-7-15)25-18(14)11-20(19)28-2/h8-12,15H,3-7H2,1-2H3,(H,24,27). The van der Waals surface area contributed by atoms with E-state index >= 15 is 0 Å². The van der Waals surface area contributed by atoms with Gasteiger partial charge in [0.25, 0.3) is 5.91 Å². The number of carbonyl (C=O) groups excluding carboxylic acids is 1. The summed E-state index contributed by atoms with van der Waals surface area (Å²) in [5, 5.41) is 8.47. The predicted molar refractivity (Wildman–Crippen MR) is 105 cm³/mol. The third-order valence-electron chi connectivity index (χ3n) is 5.29. The predicted octanol–water partition coefficient (Wildman–Crippen LogP) is 4.64. The Labute approximate surface area is 162 Å². The molecule has 1 N–H and O–H groups in total. The van der Waals surface area contributed by atoms with Crippen LogP contribution in [0.4, 0.5) is 10.1 Å². The van der Waals surface area contributed by atoms with Gasteiger partial charge in [-0.15, -0.1) is 0 Å². The van der Waals surface area contributed by atoms with Gasteiger partial charge in [-0.05, 0) is 38.0 Å². The molecule has 1 aromatic carbocycles. The Bertz CT molecular complexity index is 1020. The summed E-state index contributed by atoms with van der Waals surface area (Å²) in [6.45, 7) is 1.53. The Balaban J connectivity index is 1.63. The number of ether oxygens (including phenoxy) is 1. The highest BCUT2D eigenvalue weighted by Gasteiger charge is 2.19. The summed E-state index contributed by atoms with van der Waals surface area (Å²) in [7, 11) is 1.55. The van der Waals surface area contributed by atoms with E-state index in [9.17, 15) is 9.18 Å². The van der Waals surface area contributed by atoms with Crippen molar-refractivity contribution in [3.63, 3.8) is 0 Å². The molecule has 1 saturated carbocycles. The molecule has 146 valence electrons. The van der Waals surface area contributed by atoms with Crippen molar-refractivity contribution >= 4 is 22.5 Å². The van der Waals surface area contributed by atoms with E-state index in [-0.39, 0.29) is 11.4 Å². The average Bonchev–Trinajstić information content (AvgIpc) is 3.13. The Morgan fingerprint density at radius 1 is 1.25 bits per heavy atom. The van der Waals surface area contributed by atoms with Crippen LogP contribution in [0.2, 0.25) is 0 Å². The fourth-order valence-corrected chi connectivity index (χ4v) is 3.73. The largest absolute Gasteiger partial charge is 0.494 e. The Morgan fingerprint density at radius 3 is 2.75 bits per heavy atom. The van der Waals surface area contributed by atoms with Gasteiger partial charge in [0.1, 0.15) is 17.3 Å². The number of fused-ring (bicyclic) bond motifs is 1. The molecule has 1 aliphatic carbocycles. The maximum atomic E-state index is 13.4. The van der Waals surface area contributed by atoms with Crippen LogP contribution in [-0.4, -0.2) is 27.8 Å². The lowest BCUT2D eigenvalue weighted by atomic mass is 9.96. The van der Waals surface area contributed by atoms with Crippen molar-refractivity contribution in [2.24, 2.45) is 0 Å². The molecule has 0 bridgehead atoms. The Hall–Kier alpha value is -2.96. The average molecular weight is 382 g/mol. The molecule has 2 aromatic heterocycles. The van der Waals surface area contributed by atoms with E-state index in [1.54, 1.807) is 7.11 Å². The van der Waals surface area contributed by atoms with Gasteiger partial charge in [0.05, 0.1) is 30.0 Å². The Morgan fingerprint density at radius 2 is 2.04 bits per heavy atom. The number of hydrogen-bond acceptors (Lipinski definition) is 4. The molecule has 6 nitrogen and oxygen atoms in total. The first-order valence-electron chi connectivity index (χ1n) is 9.56. The molecule has 1 amide bonds. The van der Waals surface area contributed by atoms with Crippen LogP contribution < -0.4 is 10.1 Å². The number of amides is 1. The molecule has 4 rings (SSSR count). The minimum atomic E-state index is -0.439. The zero-order chi connectivity index (χ0) is 19.7. The van der Waals surface area contributed by atoms with E-state index in [1.807, 2.05) is 23.0 Å². The van der Waals surface area contributed by atoms with Gasteiger partial charge in [-0.25, -0.2) is 9.37 Å². The molecule has 2 heterocycles. The summed E-state index contributed by atoms with van der Waals surface area (Å²) < 4.78 is 20.9. The van der Waals surface area contributed by atoms with Crippen molar-refractivity contribution in [2.75, 3.05) is 12.4 Å². The molecule has 0 atom stereocenters. The fraction of sp³-hybridized carbons (Fsp3) is 0.381. The van der Waals surface area contributed by atoms with Crippen LogP contribution in [0.5, 0.6) is 5.75 Å². The normalized spacial score (nSPS) is 15.0. The van der Waals surface area contributed by atoms with E-state index in [2.05, 4.69) is 10.3 Å². The molecule has 0 aliphatic heterocycles. The van der Waals surface area contributed by atoms with Gasteiger partial charge in [-0.2, -0.15) is 5.10 Å². The summed E-state index contributed by atoms with van der Waals surface area (Å²) in [4.78, 5) is 16.6. The van der Waals surface area contributed by atoms with E-state index in [1.165, 1.54) is 38.3 Å². The number of nitrogens with one attached hydrogen (secondary N) is 1. The third-order valence-corrected chi connectivity index (χ3v) is 5.29. The number of rotatable bonds is 4. The Kier molecular flexibility index (Phi) is 4.98. The molecular weight excluding hydrogens is 359 g/mol. The van der Waals surface area contributed by atoms with Crippen LogP contribution in [0.25, 0.3) is 10.9 Å². The second kappa shape index (κ2) is 7.58. The number of hydrogen-bond donors (Lipinski definition) is 1. The SMILES string of the molecule is COc1cc2nn(C3CCCCC3)cc2cc1NC(=O)c1ccc(F)c(C)n1. The molecule has 7 heteroatoms. The molecule has 0 saturated heterocycles. The number of benzene rings is 1. The minimum absolute atomic E-state index is 0.152. The van der Waals surface area contributed by atoms with Gasteiger partial charge in [0, 0.05) is 17.6 Å². The fourth-order valence-electron chi connectivity index (χ4n) is 3.73. The van der Waals surface area contributed by atoms with Gasteiger partial charge in [0.15, 0.2) is 0 Å². The summed E-state index contributed by atoms with van der Waals surface area (Å²) in [5.41, 5.74) is 1.70. The first-order chi connectivity index (χ1) is 13.5. The van der Waals surface area contributed by atoms with E-state index < -0.39 is 11.7 Å². The maximum Gasteiger partial charge on any atom is 0.274 e. The molecule has 0 radical (unpaired) electrons. The van der Waals surface area contributed by atoms with E-state index in [0.29, 0.717) is 17.5 Å². The monoisotopic (exact) mass is 382 g/mol. The number of halogens is 1. The van der Waals surface area contributed by atoms with Gasteiger partial charge >= 0.3 is 0 Å². The number of anilines is 1. The lowest BCUT2D eigenvalue weighted by Crippen LogP contribution is -2.15. The van der Waals surface area contributed by atoms with Crippen LogP contribution in [0.15, 0.2) is 30.5 Å². The maximum absolute atomic E-state index is 13.4. The molecule has 1 fully saturated rings. The van der Waals surface area contributed by atoms with E-state index in [0.717, 1.165) is 23.7 Å². The van der Waals surface area contributed by atoms with Crippen molar-refractivity contribution in [3.05, 3.63) is 47.7 Å². The van der Waals surface area contributed by atoms with Gasteiger partial charge in [-0.3, -0.25) is 9.48 Å². The van der Waals surface area contributed by atoms with Gasteiger partial charge in [0.2, 0.25) is 0 Å². The first-order valence-corrected chi connectivity index (χ1v) is 9.56. The molecule has 0 spiro atoms. The minimum Gasteiger partial charge on any atom is -0.494 e. The van der Waals surface area contributed by atoms with Gasteiger partial charge < -0.3 is 10.1 Å². The number of aromatic nitrogens is 3.